The molecule has 10 heteroatoms. The van der Waals surface area contributed by atoms with E-state index in [1.165, 1.54) is 10.6 Å². The van der Waals surface area contributed by atoms with Crippen LogP contribution >= 0.6 is 0 Å². The number of carbonyl (C=O) groups is 1. The highest BCUT2D eigenvalue weighted by atomic mass is 19.1. The highest BCUT2D eigenvalue weighted by molar-refractivity contribution is 5.89. The smallest absolute Gasteiger partial charge is 0.343 e. The first kappa shape index (κ1) is 23.2. The number of benzene rings is 1. The van der Waals surface area contributed by atoms with Crippen LogP contribution in [-0.4, -0.2) is 56.0 Å². The van der Waals surface area contributed by atoms with Crippen LogP contribution in [-0.2, 0) is 34.8 Å². The zero-order valence-corrected chi connectivity index (χ0v) is 19.9. The highest BCUT2D eigenvalue weighted by Crippen LogP contribution is 2.41. The molecule has 1 fully saturated rings. The van der Waals surface area contributed by atoms with Gasteiger partial charge in [-0.3, -0.25) is 9.69 Å². The topological polar surface area (TPSA) is 105 Å². The number of pyridine rings is 2. The number of esters is 1. The van der Waals surface area contributed by atoms with E-state index in [0.717, 1.165) is 11.1 Å². The summed E-state index contributed by atoms with van der Waals surface area (Å²) >= 11 is 0. The van der Waals surface area contributed by atoms with Gasteiger partial charge in [-0.05, 0) is 36.6 Å². The Balaban J connectivity index is 1.56. The largest absolute Gasteiger partial charge is 0.458 e. The molecule has 0 radical (unpaired) electrons. The normalized spacial score (nSPS) is 22.1. The number of aromatic nitrogens is 2. The Morgan fingerprint density at radius 1 is 1.19 bits per heavy atom. The summed E-state index contributed by atoms with van der Waals surface area (Å²) in [6.45, 7) is 3.15. The fourth-order valence-electron chi connectivity index (χ4n) is 5.66. The summed E-state index contributed by atoms with van der Waals surface area (Å²) in [7, 11) is 0. The minimum absolute atomic E-state index is 0.0280. The van der Waals surface area contributed by atoms with E-state index >= 15 is 0 Å². The van der Waals surface area contributed by atoms with E-state index in [1.54, 1.807) is 26.0 Å². The van der Waals surface area contributed by atoms with Crippen LogP contribution in [0.2, 0.25) is 0 Å². The third kappa shape index (κ3) is 3.11. The van der Waals surface area contributed by atoms with Crippen molar-refractivity contribution in [1.29, 1.82) is 0 Å². The minimum Gasteiger partial charge on any atom is -0.458 e. The third-order valence-corrected chi connectivity index (χ3v) is 7.77. The van der Waals surface area contributed by atoms with Gasteiger partial charge in [-0.25, -0.2) is 18.6 Å². The van der Waals surface area contributed by atoms with Crippen LogP contribution < -0.4 is 5.56 Å². The maximum absolute atomic E-state index is 14.5. The second-order valence-electron chi connectivity index (χ2n) is 10.1. The Morgan fingerprint density at radius 3 is 2.64 bits per heavy atom. The second-order valence-corrected chi connectivity index (χ2v) is 10.1. The third-order valence-electron chi connectivity index (χ3n) is 7.77. The number of cyclic esters (lactones) is 1. The summed E-state index contributed by atoms with van der Waals surface area (Å²) in [5.41, 5.74) is -0.272. The summed E-state index contributed by atoms with van der Waals surface area (Å²) in [5.74, 6) is -1.22. The number of halogens is 2. The lowest BCUT2D eigenvalue weighted by atomic mass is 9.86. The molecular weight excluding hydrogens is 472 g/mol. The van der Waals surface area contributed by atoms with Gasteiger partial charge in [0.2, 0.25) is 0 Å². The van der Waals surface area contributed by atoms with Crippen molar-refractivity contribution in [1.82, 2.24) is 14.5 Å². The average Bonchev–Trinajstić information content (AvgIpc) is 3.20. The van der Waals surface area contributed by atoms with Crippen molar-refractivity contribution in [3.8, 4) is 11.4 Å². The first-order valence-corrected chi connectivity index (χ1v) is 11.9. The van der Waals surface area contributed by atoms with Gasteiger partial charge in [0.15, 0.2) is 11.3 Å². The fourth-order valence-corrected chi connectivity index (χ4v) is 5.66. The number of aliphatic hydroxyl groups is 2. The Kier molecular flexibility index (Phi) is 4.93. The highest BCUT2D eigenvalue weighted by Gasteiger charge is 2.46. The molecule has 2 N–H and O–H groups in total. The van der Waals surface area contributed by atoms with E-state index in [2.05, 4.69) is 0 Å². The number of likely N-dealkylation sites (tertiary alicyclic amines) is 1. The Labute approximate surface area is 204 Å². The zero-order chi connectivity index (χ0) is 25.6. The van der Waals surface area contributed by atoms with Gasteiger partial charge < -0.3 is 19.5 Å². The lowest BCUT2D eigenvalue weighted by Gasteiger charge is -2.43. The maximum Gasteiger partial charge on any atom is 0.343 e. The minimum atomic E-state index is -1.94. The second kappa shape index (κ2) is 7.64. The van der Waals surface area contributed by atoms with Gasteiger partial charge in [-0.2, -0.15) is 0 Å². The molecule has 3 aliphatic heterocycles. The fraction of sp³-hybridized carbons (Fsp3) is 0.423. The lowest BCUT2D eigenvalue weighted by Crippen LogP contribution is -2.60. The Morgan fingerprint density at radius 2 is 1.94 bits per heavy atom. The van der Waals surface area contributed by atoms with Crippen molar-refractivity contribution in [2.75, 3.05) is 19.7 Å². The van der Waals surface area contributed by atoms with E-state index in [1.807, 2.05) is 4.90 Å². The van der Waals surface area contributed by atoms with Crippen molar-refractivity contribution in [2.24, 2.45) is 0 Å². The molecule has 0 bridgehead atoms. The van der Waals surface area contributed by atoms with E-state index < -0.39 is 29.7 Å². The first-order chi connectivity index (χ1) is 17.1. The molecule has 3 aliphatic rings. The summed E-state index contributed by atoms with van der Waals surface area (Å²) < 4.78 is 35.6. The molecule has 5 heterocycles. The van der Waals surface area contributed by atoms with Crippen LogP contribution in [0.1, 0.15) is 41.2 Å². The van der Waals surface area contributed by atoms with E-state index in [-0.39, 0.29) is 49.3 Å². The van der Waals surface area contributed by atoms with Crippen LogP contribution in [0.5, 0.6) is 0 Å². The number of fused-ring (bicyclic) bond motifs is 5. The summed E-state index contributed by atoms with van der Waals surface area (Å²) in [6.07, 6.45) is 0.0280. The first-order valence-electron chi connectivity index (χ1n) is 11.9. The maximum atomic E-state index is 14.5. The molecule has 1 atom stereocenters. The van der Waals surface area contributed by atoms with Crippen LogP contribution in [0.3, 0.4) is 0 Å². The Bertz CT molecular complexity index is 1530. The van der Waals surface area contributed by atoms with Gasteiger partial charge in [0.1, 0.15) is 12.4 Å². The molecule has 2 aromatic heterocycles. The monoisotopic (exact) mass is 497 g/mol. The van der Waals surface area contributed by atoms with Gasteiger partial charge in [0.25, 0.3) is 5.56 Å². The molecule has 1 saturated heterocycles. The van der Waals surface area contributed by atoms with Crippen LogP contribution in [0.15, 0.2) is 23.0 Å². The number of aryl methyl sites for hydroxylation is 1. The van der Waals surface area contributed by atoms with Crippen molar-refractivity contribution in [2.45, 2.75) is 51.2 Å². The quantitative estimate of drug-likeness (QED) is 0.416. The molecule has 0 amide bonds. The zero-order valence-electron chi connectivity index (χ0n) is 19.9. The number of hydrogen-bond acceptors (Lipinski definition) is 7. The van der Waals surface area contributed by atoms with Crippen molar-refractivity contribution < 1.29 is 28.5 Å². The summed E-state index contributed by atoms with van der Waals surface area (Å²) in [5, 5.41) is 21.1. The van der Waals surface area contributed by atoms with Gasteiger partial charge in [0.05, 0.1) is 35.6 Å². The van der Waals surface area contributed by atoms with E-state index in [0.29, 0.717) is 34.4 Å². The molecule has 1 aromatic carbocycles. The van der Waals surface area contributed by atoms with Crippen molar-refractivity contribution in [3.63, 3.8) is 0 Å². The van der Waals surface area contributed by atoms with E-state index in [4.69, 9.17) is 9.72 Å². The van der Waals surface area contributed by atoms with Gasteiger partial charge in [-0.1, -0.05) is 6.92 Å². The standard InChI is InChI=1S/C26H25F2N3O5/c1-3-26(35)18-5-21-22-16(8-31(21)23(33)17(18)9-36-24(26)34)15(7-30-10-25(28,11-30)12-32)14-4-13(2)19(27)6-20(14)29-22/h4-6,32,35H,3,7-12H2,1-2H3/t26-/m0/s1. The number of rotatable bonds is 4. The molecule has 0 spiro atoms. The molecule has 0 aliphatic carbocycles. The van der Waals surface area contributed by atoms with Crippen LogP contribution in [0.25, 0.3) is 22.3 Å². The van der Waals surface area contributed by atoms with Crippen LogP contribution in [0, 0.1) is 12.7 Å². The number of hydrogen-bond donors (Lipinski definition) is 2. The van der Waals surface area contributed by atoms with Gasteiger partial charge in [0, 0.05) is 42.2 Å². The predicted molar refractivity (Wildman–Crippen MR) is 125 cm³/mol. The lowest BCUT2D eigenvalue weighted by molar-refractivity contribution is -0.172. The van der Waals surface area contributed by atoms with E-state index in [9.17, 15) is 28.6 Å². The predicted octanol–water partition coefficient (Wildman–Crippen LogP) is 2.04. The Hall–Kier alpha value is -3.21. The number of carbonyl (C=O) groups excluding carboxylic acids is 1. The molecule has 188 valence electrons. The molecular formula is C26H25F2N3O5. The molecule has 3 aromatic rings. The molecule has 0 unspecified atom stereocenters. The summed E-state index contributed by atoms with van der Waals surface area (Å²) in [6, 6.07) is 4.67. The van der Waals surface area contributed by atoms with Gasteiger partial charge >= 0.3 is 5.97 Å². The summed E-state index contributed by atoms with van der Waals surface area (Å²) in [4.78, 5) is 32.5. The average molecular weight is 497 g/mol. The SMILES string of the molecule is CC[C@@]1(O)C(=O)OCc2c1cc1n(c2=O)Cc2c-1nc1cc(F)c(C)cc1c2CN1CC(F)(CO)C1. The molecule has 8 nitrogen and oxygen atoms in total. The number of aliphatic hydroxyl groups excluding tert-OH is 1. The number of ether oxygens (including phenoxy) is 1. The molecule has 0 saturated carbocycles. The number of nitrogens with zero attached hydrogens (tertiary/aromatic N) is 3. The van der Waals surface area contributed by atoms with Crippen molar-refractivity contribution in [3.05, 3.63) is 62.2 Å². The van der Waals surface area contributed by atoms with Gasteiger partial charge in [-0.15, -0.1) is 0 Å². The molecule has 36 heavy (non-hydrogen) atoms. The van der Waals surface area contributed by atoms with Crippen LogP contribution in [0.4, 0.5) is 8.78 Å². The molecule has 6 rings (SSSR count). The van der Waals surface area contributed by atoms with Crippen molar-refractivity contribution >= 4 is 16.9 Å². The number of alkyl halides is 1.